The van der Waals surface area contributed by atoms with Gasteiger partial charge in [-0.15, -0.1) is 11.3 Å². The summed E-state index contributed by atoms with van der Waals surface area (Å²) in [5, 5.41) is 1.44. The quantitative estimate of drug-likeness (QED) is 0.422. The first-order valence-electron chi connectivity index (χ1n) is 6.84. The van der Waals surface area contributed by atoms with Crippen LogP contribution in [0.15, 0.2) is 36.4 Å². The molecule has 0 spiro atoms. The van der Waals surface area contributed by atoms with E-state index in [0.717, 1.165) is 26.5 Å². The van der Waals surface area contributed by atoms with Gasteiger partial charge in [0.2, 0.25) is 0 Å². The van der Waals surface area contributed by atoms with Crippen molar-refractivity contribution < 1.29 is 9.47 Å². The van der Waals surface area contributed by atoms with Crippen LogP contribution in [-0.4, -0.2) is 18.4 Å². The summed E-state index contributed by atoms with van der Waals surface area (Å²) in [6.45, 7) is 2.81. The number of fused-ring (bicyclic) bond motifs is 1. The van der Waals surface area contributed by atoms with Gasteiger partial charge in [-0.05, 0) is 43.3 Å². The molecule has 4 nitrogen and oxygen atoms in total. The van der Waals surface area contributed by atoms with E-state index in [9.17, 15) is 0 Å². The van der Waals surface area contributed by atoms with Crippen LogP contribution in [0.5, 0.6) is 5.75 Å². The molecule has 0 aliphatic rings. The van der Waals surface area contributed by atoms with E-state index in [2.05, 4.69) is 4.98 Å². The first kappa shape index (κ1) is 15.1. The maximum atomic E-state index is 6.08. The smallest absolute Gasteiger partial charge is 0.189 e. The number of nitrogens with two attached hydrogens (primary N) is 1. The molecule has 0 atom stereocenters. The number of halogens is 1. The van der Waals surface area contributed by atoms with E-state index in [1.165, 1.54) is 0 Å². The summed E-state index contributed by atoms with van der Waals surface area (Å²) in [5.41, 5.74) is 8.19. The molecule has 0 saturated carbocycles. The second kappa shape index (κ2) is 6.52. The molecular weight excluding hydrogens is 320 g/mol. The monoisotopic (exact) mass is 334 g/mol. The molecule has 0 fully saturated rings. The van der Waals surface area contributed by atoms with E-state index in [1.807, 2.05) is 37.3 Å². The summed E-state index contributed by atoms with van der Waals surface area (Å²) in [4.78, 5) is 4.62. The predicted molar refractivity (Wildman–Crippen MR) is 91.6 cm³/mol. The Balaban J connectivity index is 1.90. The molecule has 0 saturated heterocycles. The average molecular weight is 335 g/mol. The Morgan fingerprint density at radius 3 is 2.86 bits per heavy atom. The van der Waals surface area contributed by atoms with Crippen molar-refractivity contribution in [2.75, 3.05) is 19.1 Å². The molecule has 6 heteroatoms. The van der Waals surface area contributed by atoms with Crippen LogP contribution in [0.25, 0.3) is 20.8 Å². The molecule has 1 heterocycles. The lowest BCUT2D eigenvalue weighted by Crippen LogP contribution is -2.01. The summed E-state index contributed by atoms with van der Waals surface area (Å²) >= 11 is 7.66. The number of aromatic nitrogens is 1. The molecular formula is C16H15ClN2O2S. The van der Waals surface area contributed by atoms with Crippen molar-refractivity contribution >= 4 is 38.8 Å². The molecule has 2 N–H and O–H groups in total. The predicted octanol–water partition coefficient (Wildman–Crippen LogP) is 4.57. The number of hydrogen-bond donors (Lipinski definition) is 1. The highest BCUT2D eigenvalue weighted by Crippen LogP contribution is 2.34. The topological polar surface area (TPSA) is 57.4 Å². The second-order valence-electron chi connectivity index (χ2n) is 4.64. The van der Waals surface area contributed by atoms with Gasteiger partial charge in [0.25, 0.3) is 0 Å². The molecule has 2 aromatic carbocycles. The number of anilines is 1. The van der Waals surface area contributed by atoms with Crippen molar-refractivity contribution in [3.8, 4) is 16.3 Å². The first-order chi connectivity index (χ1) is 10.7. The van der Waals surface area contributed by atoms with Crippen LogP contribution in [0.3, 0.4) is 0 Å². The molecule has 22 heavy (non-hydrogen) atoms. The number of ether oxygens (including phenoxy) is 2. The number of nitrogen functional groups attached to an aromatic ring is 1. The number of benzene rings is 2. The second-order valence-corrected chi connectivity index (χ2v) is 6.08. The normalized spacial score (nSPS) is 11.0. The third-order valence-electron chi connectivity index (χ3n) is 3.12. The van der Waals surface area contributed by atoms with Crippen LogP contribution in [0, 0.1) is 0 Å². The molecule has 0 amide bonds. The number of thiazole rings is 1. The van der Waals surface area contributed by atoms with E-state index >= 15 is 0 Å². The molecule has 0 aliphatic heterocycles. The number of hydrogen-bond acceptors (Lipinski definition) is 5. The Morgan fingerprint density at radius 1 is 1.23 bits per heavy atom. The SMILES string of the molecule is CCOCOc1ccc2nc(-c3ccc(N)c(Cl)c3)sc2c1. The van der Waals surface area contributed by atoms with Crippen LogP contribution < -0.4 is 10.5 Å². The van der Waals surface area contributed by atoms with Gasteiger partial charge < -0.3 is 15.2 Å². The molecule has 0 aliphatic carbocycles. The molecule has 3 aromatic rings. The van der Waals surface area contributed by atoms with E-state index < -0.39 is 0 Å². The van der Waals surface area contributed by atoms with Crippen LogP contribution in [0.4, 0.5) is 5.69 Å². The van der Waals surface area contributed by atoms with Crippen molar-refractivity contribution in [2.24, 2.45) is 0 Å². The maximum Gasteiger partial charge on any atom is 0.189 e. The van der Waals surface area contributed by atoms with Crippen molar-refractivity contribution in [1.29, 1.82) is 0 Å². The van der Waals surface area contributed by atoms with Gasteiger partial charge in [-0.25, -0.2) is 4.98 Å². The molecule has 114 valence electrons. The average Bonchev–Trinajstić information content (AvgIpc) is 2.93. The zero-order valence-corrected chi connectivity index (χ0v) is 13.6. The van der Waals surface area contributed by atoms with Crippen molar-refractivity contribution in [3.63, 3.8) is 0 Å². The number of nitrogens with zero attached hydrogens (tertiary/aromatic N) is 1. The lowest BCUT2D eigenvalue weighted by Gasteiger charge is -2.04. The van der Waals surface area contributed by atoms with Crippen molar-refractivity contribution in [1.82, 2.24) is 4.98 Å². The van der Waals surface area contributed by atoms with Gasteiger partial charge in [-0.3, -0.25) is 0 Å². The Kier molecular flexibility index (Phi) is 4.47. The fraction of sp³-hybridized carbons (Fsp3) is 0.188. The molecule has 3 rings (SSSR count). The van der Waals surface area contributed by atoms with E-state index in [-0.39, 0.29) is 6.79 Å². The van der Waals surface area contributed by atoms with Crippen LogP contribution in [-0.2, 0) is 4.74 Å². The van der Waals surface area contributed by atoms with Gasteiger partial charge >= 0.3 is 0 Å². The minimum atomic E-state index is 0.251. The van der Waals surface area contributed by atoms with Gasteiger partial charge in [0.15, 0.2) is 6.79 Å². The summed E-state index contributed by atoms with van der Waals surface area (Å²) < 4.78 is 11.8. The molecule has 0 bridgehead atoms. The lowest BCUT2D eigenvalue weighted by molar-refractivity contribution is 0.0225. The fourth-order valence-corrected chi connectivity index (χ4v) is 3.14. The summed E-state index contributed by atoms with van der Waals surface area (Å²) in [6.07, 6.45) is 0. The fourth-order valence-electron chi connectivity index (χ4n) is 1.97. The highest BCUT2D eigenvalue weighted by atomic mass is 35.5. The van der Waals surface area contributed by atoms with Gasteiger partial charge in [0.1, 0.15) is 10.8 Å². The van der Waals surface area contributed by atoms with Gasteiger partial charge in [-0.2, -0.15) is 0 Å². The summed E-state index contributed by atoms with van der Waals surface area (Å²) in [6, 6.07) is 11.3. The third-order valence-corrected chi connectivity index (χ3v) is 4.51. The maximum absolute atomic E-state index is 6.08. The van der Waals surface area contributed by atoms with Crippen LogP contribution in [0.2, 0.25) is 5.02 Å². The largest absolute Gasteiger partial charge is 0.468 e. The number of rotatable bonds is 5. The third kappa shape index (κ3) is 3.16. The van der Waals surface area contributed by atoms with Crippen molar-refractivity contribution in [3.05, 3.63) is 41.4 Å². The Labute approximate surface area is 137 Å². The van der Waals surface area contributed by atoms with Crippen LogP contribution >= 0.6 is 22.9 Å². The zero-order valence-electron chi connectivity index (χ0n) is 12.0. The molecule has 0 unspecified atom stereocenters. The van der Waals surface area contributed by atoms with E-state index in [4.69, 9.17) is 26.8 Å². The minimum absolute atomic E-state index is 0.251. The molecule has 1 aromatic heterocycles. The minimum Gasteiger partial charge on any atom is -0.468 e. The van der Waals surface area contributed by atoms with E-state index in [1.54, 1.807) is 17.4 Å². The Bertz CT molecular complexity index is 804. The van der Waals surface area contributed by atoms with Crippen molar-refractivity contribution in [2.45, 2.75) is 6.92 Å². The highest BCUT2D eigenvalue weighted by molar-refractivity contribution is 7.21. The standard InChI is InChI=1S/C16H15ClN2O2S/c1-2-20-9-21-11-4-6-14-15(8-11)22-16(19-14)10-3-5-13(18)12(17)7-10/h3-8H,2,9,18H2,1H3. The van der Waals surface area contributed by atoms with Gasteiger partial charge in [0, 0.05) is 12.2 Å². The summed E-state index contributed by atoms with van der Waals surface area (Å²) in [7, 11) is 0. The Morgan fingerprint density at radius 2 is 2.09 bits per heavy atom. The van der Waals surface area contributed by atoms with Gasteiger partial charge in [0.05, 0.1) is 20.9 Å². The highest BCUT2D eigenvalue weighted by Gasteiger charge is 2.09. The van der Waals surface area contributed by atoms with Crippen LogP contribution in [0.1, 0.15) is 6.92 Å². The van der Waals surface area contributed by atoms with Gasteiger partial charge in [-0.1, -0.05) is 11.6 Å². The Hall–Kier alpha value is -1.82. The molecule has 0 radical (unpaired) electrons. The summed E-state index contributed by atoms with van der Waals surface area (Å²) in [5.74, 6) is 0.770. The van der Waals surface area contributed by atoms with E-state index in [0.29, 0.717) is 17.3 Å². The lowest BCUT2D eigenvalue weighted by atomic mass is 10.2. The first-order valence-corrected chi connectivity index (χ1v) is 8.03. The zero-order chi connectivity index (χ0) is 15.5.